The van der Waals surface area contributed by atoms with Gasteiger partial charge in [0.05, 0.1) is 21.2 Å². The summed E-state index contributed by atoms with van der Waals surface area (Å²) in [6.45, 7) is 0.193. The van der Waals surface area contributed by atoms with Crippen LogP contribution in [0.3, 0.4) is 0 Å². The summed E-state index contributed by atoms with van der Waals surface area (Å²) < 4.78 is 34.2. The number of esters is 1. The molecular formula is C19H15Cl2NO5S2. The molecule has 3 aromatic rings. The molecule has 0 aliphatic rings. The lowest BCUT2D eigenvalue weighted by atomic mass is 10.2. The highest BCUT2D eigenvalue weighted by atomic mass is 35.5. The van der Waals surface area contributed by atoms with E-state index >= 15 is 0 Å². The Morgan fingerprint density at radius 2 is 1.83 bits per heavy atom. The van der Waals surface area contributed by atoms with Gasteiger partial charge in [-0.25, -0.2) is 18.2 Å². The predicted molar refractivity (Wildman–Crippen MR) is 112 cm³/mol. The van der Waals surface area contributed by atoms with Crippen LogP contribution in [0, 0.1) is 0 Å². The zero-order chi connectivity index (χ0) is 21.0. The molecule has 2 aromatic carbocycles. The van der Waals surface area contributed by atoms with Gasteiger partial charge in [0.2, 0.25) is 0 Å². The third kappa shape index (κ3) is 5.93. The van der Waals surface area contributed by atoms with E-state index in [1.807, 2.05) is 0 Å². The van der Waals surface area contributed by atoms with Gasteiger partial charge in [-0.3, -0.25) is 0 Å². The van der Waals surface area contributed by atoms with Crippen LogP contribution >= 0.6 is 34.5 Å². The quantitative estimate of drug-likeness (QED) is 0.460. The van der Waals surface area contributed by atoms with Crippen LogP contribution in [0.2, 0.25) is 10.0 Å². The number of ether oxygens (including phenoxy) is 2. The van der Waals surface area contributed by atoms with Crippen LogP contribution in [0.5, 0.6) is 5.75 Å². The van der Waals surface area contributed by atoms with Crippen molar-refractivity contribution in [2.24, 2.45) is 0 Å². The summed E-state index contributed by atoms with van der Waals surface area (Å²) in [5.74, 6) is -0.0644. The van der Waals surface area contributed by atoms with E-state index < -0.39 is 15.8 Å². The molecule has 1 aromatic heterocycles. The van der Waals surface area contributed by atoms with Crippen LogP contribution in [0.25, 0.3) is 0 Å². The lowest BCUT2D eigenvalue weighted by Gasteiger charge is -2.07. The van der Waals surface area contributed by atoms with Crippen molar-refractivity contribution in [3.63, 3.8) is 0 Å². The molecule has 29 heavy (non-hydrogen) atoms. The first kappa shape index (κ1) is 21.6. The third-order valence-corrected chi connectivity index (χ3v) is 6.28. The van der Waals surface area contributed by atoms with Crippen LogP contribution < -0.4 is 4.74 Å². The molecule has 0 radical (unpaired) electrons. The Morgan fingerprint density at radius 1 is 1.10 bits per heavy atom. The molecule has 10 heteroatoms. The maximum atomic E-state index is 12.3. The summed E-state index contributed by atoms with van der Waals surface area (Å²) in [4.78, 5) is 16.6. The summed E-state index contributed by atoms with van der Waals surface area (Å²) >= 11 is 13.2. The number of thiazole rings is 1. The Bertz CT molecular complexity index is 1130. The molecule has 0 N–H and O–H groups in total. The Morgan fingerprint density at radius 3 is 2.52 bits per heavy atom. The number of benzene rings is 2. The fourth-order valence-electron chi connectivity index (χ4n) is 2.27. The van der Waals surface area contributed by atoms with Crippen molar-refractivity contribution in [1.82, 2.24) is 4.98 Å². The van der Waals surface area contributed by atoms with Gasteiger partial charge in [-0.05, 0) is 42.5 Å². The number of hydrogen-bond donors (Lipinski definition) is 0. The first-order valence-corrected chi connectivity index (χ1v) is 11.7. The number of rotatable bonds is 7. The summed E-state index contributed by atoms with van der Waals surface area (Å²) in [5.41, 5.74) is 0.532. The van der Waals surface area contributed by atoms with Crippen molar-refractivity contribution in [2.75, 3.05) is 6.26 Å². The second-order valence-corrected chi connectivity index (χ2v) is 9.77. The largest absolute Gasteiger partial charge is 0.486 e. The molecule has 6 nitrogen and oxygen atoms in total. The Kier molecular flexibility index (Phi) is 6.79. The van der Waals surface area contributed by atoms with E-state index in [0.717, 1.165) is 6.26 Å². The zero-order valence-corrected chi connectivity index (χ0v) is 18.2. The van der Waals surface area contributed by atoms with Gasteiger partial charge in [-0.1, -0.05) is 23.2 Å². The van der Waals surface area contributed by atoms with E-state index in [4.69, 9.17) is 32.7 Å². The van der Waals surface area contributed by atoms with Crippen molar-refractivity contribution < 1.29 is 22.7 Å². The first-order chi connectivity index (χ1) is 13.7. The standard InChI is InChI=1S/C19H15Cl2NO5S2/c1-29(24,25)15-6-7-17(21)16(8-15)19(23)27-9-13-11-28-18(22-13)10-26-14-4-2-12(20)3-5-14/h2-8,11H,9-10H2,1H3. The minimum Gasteiger partial charge on any atom is -0.486 e. The molecular weight excluding hydrogens is 457 g/mol. The molecule has 0 spiro atoms. The molecule has 152 valence electrons. The van der Waals surface area contributed by atoms with E-state index in [2.05, 4.69) is 4.98 Å². The highest BCUT2D eigenvalue weighted by Crippen LogP contribution is 2.22. The number of sulfone groups is 1. The van der Waals surface area contributed by atoms with Gasteiger partial charge < -0.3 is 9.47 Å². The van der Waals surface area contributed by atoms with Crippen LogP contribution in [0.4, 0.5) is 0 Å². The van der Waals surface area contributed by atoms with E-state index in [0.29, 0.717) is 21.5 Å². The maximum Gasteiger partial charge on any atom is 0.340 e. The minimum atomic E-state index is -3.47. The smallest absolute Gasteiger partial charge is 0.340 e. The van der Waals surface area contributed by atoms with Gasteiger partial charge in [0.1, 0.15) is 24.0 Å². The summed E-state index contributed by atoms with van der Waals surface area (Å²) in [5, 5.41) is 3.20. The molecule has 0 aliphatic heterocycles. The molecule has 0 fully saturated rings. The highest BCUT2D eigenvalue weighted by molar-refractivity contribution is 7.90. The average Bonchev–Trinajstić information content (AvgIpc) is 3.13. The second kappa shape index (κ2) is 9.13. The molecule has 0 saturated heterocycles. The van der Waals surface area contributed by atoms with Gasteiger partial charge in [0.15, 0.2) is 9.84 Å². The maximum absolute atomic E-state index is 12.3. The van der Waals surface area contributed by atoms with Gasteiger partial charge in [0.25, 0.3) is 0 Å². The van der Waals surface area contributed by atoms with Crippen molar-refractivity contribution in [1.29, 1.82) is 0 Å². The minimum absolute atomic E-state index is 0.0101. The lowest BCUT2D eigenvalue weighted by molar-refractivity contribution is 0.0468. The van der Waals surface area contributed by atoms with Crippen molar-refractivity contribution in [2.45, 2.75) is 18.1 Å². The van der Waals surface area contributed by atoms with Gasteiger partial charge in [-0.2, -0.15) is 0 Å². The van der Waals surface area contributed by atoms with Crippen molar-refractivity contribution in [3.05, 3.63) is 74.2 Å². The predicted octanol–water partition coefficient (Wildman–Crippen LogP) is 4.79. The number of carbonyl (C=O) groups excluding carboxylic acids is 1. The van der Waals surface area contributed by atoms with Crippen LogP contribution in [-0.2, 0) is 27.8 Å². The van der Waals surface area contributed by atoms with E-state index in [9.17, 15) is 13.2 Å². The third-order valence-electron chi connectivity index (χ3n) is 3.71. The Labute approximate surface area is 181 Å². The van der Waals surface area contributed by atoms with Gasteiger partial charge in [0, 0.05) is 16.7 Å². The van der Waals surface area contributed by atoms with E-state index in [1.165, 1.54) is 29.5 Å². The molecule has 3 rings (SSSR count). The van der Waals surface area contributed by atoms with E-state index in [1.54, 1.807) is 29.6 Å². The van der Waals surface area contributed by atoms with Crippen molar-refractivity contribution in [3.8, 4) is 5.75 Å². The molecule has 1 heterocycles. The number of carbonyl (C=O) groups is 1. The Balaban J connectivity index is 1.59. The topological polar surface area (TPSA) is 82.6 Å². The number of halogens is 2. The number of aromatic nitrogens is 1. The lowest BCUT2D eigenvalue weighted by Crippen LogP contribution is -2.08. The highest BCUT2D eigenvalue weighted by Gasteiger charge is 2.17. The number of hydrogen-bond acceptors (Lipinski definition) is 7. The number of nitrogens with zero attached hydrogens (tertiary/aromatic N) is 1. The summed E-state index contributed by atoms with van der Waals surface area (Å²) in [7, 11) is -3.47. The zero-order valence-electron chi connectivity index (χ0n) is 15.1. The molecule has 0 aliphatic carbocycles. The van der Waals surface area contributed by atoms with Crippen LogP contribution in [0.1, 0.15) is 21.1 Å². The van der Waals surface area contributed by atoms with Crippen LogP contribution in [-0.4, -0.2) is 25.6 Å². The summed E-state index contributed by atoms with van der Waals surface area (Å²) in [6.07, 6.45) is 1.05. The normalized spacial score (nSPS) is 11.3. The molecule has 0 saturated carbocycles. The van der Waals surface area contributed by atoms with Crippen LogP contribution in [0.15, 0.2) is 52.7 Å². The second-order valence-electron chi connectivity index (χ2n) is 5.97. The average molecular weight is 472 g/mol. The fourth-order valence-corrected chi connectivity index (χ4v) is 3.92. The molecule has 0 amide bonds. The molecule has 0 atom stereocenters. The SMILES string of the molecule is CS(=O)(=O)c1ccc(Cl)c(C(=O)OCc2csc(COc3ccc(Cl)cc3)n2)c1. The Hall–Kier alpha value is -2.13. The van der Waals surface area contributed by atoms with Gasteiger partial charge >= 0.3 is 5.97 Å². The molecule has 0 bridgehead atoms. The molecule has 0 unspecified atom stereocenters. The van der Waals surface area contributed by atoms with E-state index in [-0.39, 0.29) is 28.7 Å². The summed E-state index contributed by atoms with van der Waals surface area (Å²) in [6, 6.07) is 10.9. The monoisotopic (exact) mass is 471 g/mol. The van der Waals surface area contributed by atoms with Gasteiger partial charge in [-0.15, -0.1) is 11.3 Å². The first-order valence-electron chi connectivity index (χ1n) is 8.21. The fraction of sp³-hybridized carbons (Fsp3) is 0.158. The van der Waals surface area contributed by atoms with Crippen molar-refractivity contribution >= 4 is 50.3 Å².